The minimum atomic E-state index is -0.412. The number of halogens is 1. The molecule has 5 nitrogen and oxygen atoms in total. The number of ether oxygens (including phenoxy) is 1. The second kappa shape index (κ2) is 9.42. The summed E-state index contributed by atoms with van der Waals surface area (Å²) in [5, 5.41) is 0. The lowest BCUT2D eigenvalue weighted by atomic mass is 9.95. The molecule has 1 aromatic carbocycles. The summed E-state index contributed by atoms with van der Waals surface area (Å²) < 4.78 is 19.5. The van der Waals surface area contributed by atoms with Crippen LogP contribution in [-0.4, -0.2) is 60.4 Å². The Morgan fingerprint density at radius 3 is 2.56 bits per heavy atom. The van der Waals surface area contributed by atoms with Crippen molar-refractivity contribution >= 4 is 11.7 Å². The molecule has 148 valence electrons. The standard InChI is InChI=1S/C21H29FN2O3/c1-16(25)21(26)24(15-19-6-4-12-27-19)13-17-8-10-23(11-9-17)14-18-5-2-3-7-20(18)22/h2-3,5,7,17,19H,4,6,8-15H2,1H3/t19-/m0/s1. The number of piperidine rings is 1. The van der Waals surface area contributed by atoms with Gasteiger partial charge >= 0.3 is 0 Å². The summed E-state index contributed by atoms with van der Waals surface area (Å²) in [4.78, 5) is 27.9. The van der Waals surface area contributed by atoms with E-state index in [1.54, 1.807) is 11.0 Å². The lowest BCUT2D eigenvalue weighted by molar-refractivity contribution is -0.145. The maximum Gasteiger partial charge on any atom is 0.289 e. The number of rotatable bonds is 7. The van der Waals surface area contributed by atoms with Gasteiger partial charge in [-0.05, 0) is 50.8 Å². The van der Waals surface area contributed by atoms with Crippen LogP contribution in [0.4, 0.5) is 4.39 Å². The molecule has 2 aliphatic rings. The molecule has 0 aliphatic carbocycles. The van der Waals surface area contributed by atoms with Crippen LogP contribution in [0.25, 0.3) is 0 Å². The van der Waals surface area contributed by atoms with Crippen LogP contribution in [0.3, 0.4) is 0 Å². The first-order valence-electron chi connectivity index (χ1n) is 9.90. The first kappa shape index (κ1) is 20.0. The van der Waals surface area contributed by atoms with Crippen molar-refractivity contribution in [2.45, 2.75) is 45.3 Å². The van der Waals surface area contributed by atoms with E-state index in [1.807, 2.05) is 12.1 Å². The van der Waals surface area contributed by atoms with Crippen molar-refractivity contribution in [3.8, 4) is 0 Å². The van der Waals surface area contributed by atoms with Gasteiger partial charge in [0.2, 0.25) is 5.78 Å². The van der Waals surface area contributed by atoms with E-state index in [0.29, 0.717) is 25.6 Å². The van der Waals surface area contributed by atoms with Crippen LogP contribution in [0.5, 0.6) is 0 Å². The molecule has 3 rings (SSSR count). The van der Waals surface area contributed by atoms with Gasteiger partial charge in [0.1, 0.15) is 5.82 Å². The van der Waals surface area contributed by atoms with E-state index in [1.165, 1.54) is 13.0 Å². The molecule has 0 radical (unpaired) electrons. The fourth-order valence-electron chi connectivity index (χ4n) is 4.00. The van der Waals surface area contributed by atoms with Crippen molar-refractivity contribution in [2.24, 2.45) is 5.92 Å². The van der Waals surface area contributed by atoms with Crippen LogP contribution in [0, 0.1) is 11.7 Å². The molecule has 1 aromatic rings. The maximum absolute atomic E-state index is 13.8. The zero-order valence-electron chi connectivity index (χ0n) is 16.0. The van der Waals surface area contributed by atoms with Crippen LogP contribution in [-0.2, 0) is 20.9 Å². The van der Waals surface area contributed by atoms with Crippen molar-refractivity contribution in [1.82, 2.24) is 9.80 Å². The highest BCUT2D eigenvalue weighted by Crippen LogP contribution is 2.22. The van der Waals surface area contributed by atoms with Gasteiger partial charge in [-0.25, -0.2) is 4.39 Å². The average Bonchev–Trinajstić information content (AvgIpc) is 3.17. The third-order valence-electron chi connectivity index (χ3n) is 5.57. The molecular weight excluding hydrogens is 347 g/mol. The summed E-state index contributed by atoms with van der Waals surface area (Å²) >= 11 is 0. The van der Waals surface area contributed by atoms with Crippen molar-refractivity contribution in [1.29, 1.82) is 0 Å². The zero-order valence-corrected chi connectivity index (χ0v) is 16.0. The van der Waals surface area contributed by atoms with Crippen molar-refractivity contribution in [3.05, 3.63) is 35.6 Å². The van der Waals surface area contributed by atoms with E-state index in [4.69, 9.17) is 4.74 Å². The fourth-order valence-corrected chi connectivity index (χ4v) is 4.00. The number of likely N-dealkylation sites (tertiary alicyclic amines) is 1. The minimum absolute atomic E-state index is 0.0504. The highest BCUT2D eigenvalue weighted by molar-refractivity contribution is 6.35. The number of amides is 1. The highest BCUT2D eigenvalue weighted by atomic mass is 19.1. The molecular formula is C21H29FN2O3. The van der Waals surface area contributed by atoms with Crippen LogP contribution in [0.15, 0.2) is 24.3 Å². The molecule has 0 spiro atoms. The number of Topliss-reactive ketones (excluding diaryl/α,β-unsaturated/α-hetero) is 1. The van der Waals surface area contributed by atoms with Crippen LogP contribution in [0.2, 0.25) is 0 Å². The normalized spacial score (nSPS) is 21.3. The quantitative estimate of drug-likeness (QED) is 0.687. The Morgan fingerprint density at radius 1 is 1.19 bits per heavy atom. The highest BCUT2D eigenvalue weighted by Gasteiger charge is 2.28. The maximum atomic E-state index is 13.8. The van der Waals surface area contributed by atoms with Gasteiger partial charge in [0.05, 0.1) is 6.10 Å². The predicted molar refractivity (Wildman–Crippen MR) is 101 cm³/mol. The Labute approximate surface area is 160 Å². The van der Waals surface area contributed by atoms with Crippen molar-refractivity contribution < 1.29 is 18.7 Å². The van der Waals surface area contributed by atoms with Gasteiger partial charge in [-0.3, -0.25) is 14.5 Å². The average molecular weight is 376 g/mol. The SMILES string of the molecule is CC(=O)C(=O)N(CC1CCN(Cc2ccccc2F)CC1)C[C@@H]1CCCO1. The molecule has 1 amide bonds. The Kier molecular flexibility index (Phi) is 6.96. The third-order valence-corrected chi connectivity index (χ3v) is 5.57. The van der Waals surface area contributed by atoms with Crippen molar-refractivity contribution in [3.63, 3.8) is 0 Å². The van der Waals surface area contributed by atoms with E-state index >= 15 is 0 Å². The van der Waals surface area contributed by atoms with E-state index in [9.17, 15) is 14.0 Å². The molecule has 2 heterocycles. The molecule has 27 heavy (non-hydrogen) atoms. The lowest BCUT2D eigenvalue weighted by Gasteiger charge is -2.35. The number of hydrogen-bond acceptors (Lipinski definition) is 4. The smallest absolute Gasteiger partial charge is 0.289 e. The number of carbonyl (C=O) groups is 2. The summed E-state index contributed by atoms with van der Waals surface area (Å²) in [7, 11) is 0. The monoisotopic (exact) mass is 376 g/mol. The van der Waals surface area contributed by atoms with Gasteiger partial charge in [0.25, 0.3) is 5.91 Å². The second-order valence-corrected chi connectivity index (χ2v) is 7.71. The molecule has 0 saturated carbocycles. The van der Waals surface area contributed by atoms with E-state index in [2.05, 4.69) is 4.90 Å². The molecule has 2 aliphatic heterocycles. The number of hydrogen-bond donors (Lipinski definition) is 0. The number of carbonyl (C=O) groups excluding carboxylic acids is 2. The molecule has 1 atom stereocenters. The molecule has 2 fully saturated rings. The Hall–Kier alpha value is -1.79. The Balaban J connectivity index is 1.51. The lowest BCUT2D eigenvalue weighted by Crippen LogP contribution is -2.45. The summed E-state index contributed by atoms with van der Waals surface area (Å²) in [5.41, 5.74) is 0.725. The number of ketones is 1. The summed E-state index contributed by atoms with van der Waals surface area (Å²) in [6.45, 7) is 5.55. The molecule has 0 unspecified atom stereocenters. The second-order valence-electron chi connectivity index (χ2n) is 7.71. The largest absolute Gasteiger partial charge is 0.376 e. The molecule has 0 N–H and O–H groups in total. The van der Waals surface area contributed by atoms with Gasteiger partial charge < -0.3 is 9.64 Å². The molecule has 6 heteroatoms. The number of nitrogens with zero attached hydrogens (tertiary/aromatic N) is 2. The van der Waals surface area contributed by atoms with E-state index in [0.717, 1.165) is 50.9 Å². The fraction of sp³-hybridized carbons (Fsp3) is 0.619. The number of benzene rings is 1. The third kappa shape index (κ3) is 5.59. The van der Waals surface area contributed by atoms with Gasteiger partial charge in [-0.15, -0.1) is 0 Å². The van der Waals surface area contributed by atoms with Crippen LogP contribution < -0.4 is 0 Å². The van der Waals surface area contributed by atoms with Crippen molar-refractivity contribution in [2.75, 3.05) is 32.8 Å². The summed E-state index contributed by atoms with van der Waals surface area (Å²) in [5.74, 6) is -0.606. The first-order valence-corrected chi connectivity index (χ1v) is 9.90. The van der Waals surface area contributed by atoms with E-state index in [-0.39, 0.29) is 11.9 Å². The van der Waals surface area contributed by atoms with E-state index < -0.39 is 11.7 Å². The van der Waals surface area contributed by atoms with Crippen LogP contribution in [0.1, 0.15) is 38.2 Å². The summed E-state index contributed by atoms with van der Waals surface area (Å²) in [6.07, 6.45) is 3.90. The van der Waals surface area contributed by atoms with Gasteiger partial charge in [0, 0.05) is 38.7 Å². The van der Waals surface area contributed by atoms with Gasteiger partial charge in [-0.2, -0.15) is 0 Å². The summed E-state index contributed by atoms with van der Waals surface area (Å²) in [6, 6.07) is 6.90. The van der Waals surface area contributed by atoms with Gasteiger partial charge in [-0.1, -0.05) is 18.2 Å². The molecule has 2 saturated heterocycles. The first-order chi connectivity index (χ1) is 13.0. The Bertz CT molecular complexity index is 653. The zero-order chi connectivity index (χ0) is 19.2. The van der Waals surface area contributed by atoms with Gasteiger partial charge in [0.15, 0.2) is 0 Å². The molecule has 0 aromatic heterocycles. The Morgan fingerprint density at radius 2 is 1.93 bits per heavy atom. The van der Waals surface area contributed by atoms with Crippen LogP contribution >= 0.6 is 0 Å². The predicted octanol–water partition coefficient (Wildman–Crippen LogP) is 2.63. The topological polar surface area (TPSA) is 49.9 Å². The minimum Gasteiger partial charge on any atom is -0.376 e. The molecule has 0 bridgehead atoms.